The molecule has 1 aliphatic rings. The highest BCUT2D eigenvalue weighted by atomic mass is 32.2. The Kier molecular flexibility index (Phi) is 7.21. The van der Waals surface area contributed by atoms with Crippen molar-refractivity contribution in [2.24, 2.45) is 0 Å². The number of hydrogen-bond donors (Lipinski definition) is 0. The van der Waals surface area contributed by atoms with Gasteiger partial charge in [-0.05, 0) is 12.1 Å². The monoisotopic (exact) mass is 413 g/mol. The lowest BCUT2D eigenvalue weighted by atomic mass is 10.1. The van der Waals surface area contributed by atoms with Crippen molar-refractivity contribution in [3.8, 4) is 5.75 Å². The lowest BCUT2D eigenvalue weighted by Crippen LogP contribution is -2.55. The van der Waals surface area contributed by atoms with Crippen LogP contribution in [0.25, 0.3) is 0 Å². The van der Waals surface area contributed by atoms with Crippen LogP contribution in [0.3, 0.4) is 0 Å². The Labute approximate surface area is 164 Å². The molecular weight excluding hydrogens is 394 g/mol. The molecule has 0 aromatic heterocycles. The van der Waals surface area contributed by atoms with E-state index in [9.17, 15) is 24.5 Å². The fraction of sp³-hybridized carbons (Fsp3) is 0.471. The molecule has 0 N–H and O–H groups in total. The van der Waals surface area contributed by atoms with Crippen molar-refractivity contribution >= 4 is 35.4 Å². The highest BCUT2D eigenvalue weighted by Gasteiger charge is 2.47. The molecule has 0 saturated carbocycles. The molecule has 0 bridgehead atoms. The van der Waals surface area contributed by atoms with Crippen molar-refractivity contribution < 1.29 is 38.3 Å². The van der Waals surface area contributed by atoms with Crippen LogP contribution in [0.15, 0.2) is 24.3 Å². The summed E-state index contributed by atoms with van der Waals surface area (Å²) < 4.78 is 21.6. The van der Waals surface area contributed by atoms with Crippen molar-refractivity contribution in [2.75, 3.05) is 5.75 Å². The molecule has 0 aliphatic carbocycles. The van der Waals surface area contributed by atoms with E-state index in [0.29, 0.717) is 5.75 Å². The van der Waals surface area contributed by atoms with E-state index in [1.165, 1.54) is 56.8 Å². The van der Waals surface area contributed by atoms with Gasteiger partial charge in [0.15, 0.2) is 23.7 Å². The van der Waals surface area contributed by atoms with Gasteiger partial charge in [-0.1, -0.05) is 0 Å². The largest absolute Gasteiger partial charge is 0.476 e. The van der Waals surface area contributed by atoms with Crippen LogP contribution in [-0.4, -0.2) is 52.3 Å². The number of benzene rings is 1. The number of esters is 3. The quantitative estimate of drug-likeness (QED) is 0.294. The Morgan fingerprint density at radius 2 is 1.50 bits per heavy atom. The van der Waals surface area contributed by atoms with E-state index in [0.717, 1.165) is 0 Å². The molecule has 11 heteroatoms. The third kappa shape index (κ3) is 5.84. The third-order valence-corrected chi connectivity index (χ3v) is 4.82. The van der Waals surface area contributed by atoms with Crippen LogP contribution in [0, 0.1) is 10.1 Å². The minimum Gasteiger partial charge on any atom is -0.476 e. The van der Waals surface area contributed by atoms with Crippen LogP contribution in [0.4, 0.5) is 5.69 Å². The van der Waals surface area contributed by atoms with E-state index in [4.69, 9.17) is 18.9 Å². The van der Waals surface area contributed by atoms with Gasteiger partial charge in [0.05, 0.1) is 4.92 Å². The molecule has 1 heterocycles. The standard InChI is InChI=1S/C17H19NO9S/c1-9(19)24-14-8-28-17(16(26-11(3)21)15(14)25-10(2)20)27-13-6-4-12(5-7-13)18(22)23/h4-7,14-17H,8H2,1-3H3/t14-,15+,16-,17+/m1/s1. The maximum absolute atomic E-state index is 11.6. The van der Waals surface area contributed by atoms with Gasteiger partial charge in [-0.2, -0.15) is 0 Å². The number of non-ortho nitro benzene ring substituents is 1. The van der Waals surface area contributed by atoms with Crippen LogP contribution < -0.4 is 4.74 Å². The van der Waals surface area contributed by atoms with Gasteiger partial charge in [0.25, 0.3) is 5.69 Å². The van der Waals surface area contributed by atoms with Crippen LogP contribution in [0.2, 0.25) is 0 Å². The van der Waals surface area contributed by atoms with E-state index >= 15 is 0 Å². The van der Waals surface area contributed by atoms with E-state index in [-0.39, 0.29) is 11.4 Å². The molecule has 1 aliphatic heterocycles. The number of carbonyl (C=O) groups is 3. The zero-order valence-corrected chi connectivity index (χ0v) is 16.2. The Hall–Kier alpha value is -2.82. The molecule has 0 amide bonds. The Balaban J connectivity index is 2.25. The van der Waals surface area contributed by atoms with Gasteiger partial charge in [-0.3, -0.25) is 24.5 Å². The van der Waals surface area contributed by atoms with Crippen molar-refractivity contribution in [1.29, 1.82) is 0 Å². The van der Waals surface area contributed by atoms with Gasteiger partial charge < -0.3 is 18.9 Å². The van der Waals surface area contributed by atoms with Crippen molar-refractivity contribution in [3.05, 3.63) is 34.4 Å². The van der Waals surface area contributed by atoms with Gasteiger partial charge in [0, 0.05) is 38.7 Å². The van der Waals surface area contributed by atoms with Crippen molar-refractivity contribution in [2.45, 2.75) is 44.5 Å². The molecular formula is C17H19NO9S. The average molecular weight is 413 g/mol. The molecule has 0 spiro atoms. The summed E-state index contributed by atoms with van der Waals surface area (Å²) in [7, 11) is 0. The lowest BCUT2D eigenvalue weighted by molar-refractivity contribution is -0.384. The van der Waals surface area contributed by atoms with Crippen molar-refractivity contribution in [3.63, 3.8) is 0 Å². The molecule has 0 radical (unpaired) electrons. The smallest absolute Gasteiger partial charge is 0.303 e. The van der Waals surface area contributed by atoms with E-state index < -0.39 is 46.6 Å². The number of nitro benzene ring substituents is 1. The summed E-state index contributed by atoms with van der Waals surface area (Å²) in [5.41, 5.74) is -0.894. The number of nitrogens with zero attached hydrogens (tertiary/aromatic N) is 1. The molecule has 10 nitrogen and oxygen atoms in total. The zero-order valence-electron chi connectivity index (χ0n) is 15.4. The van der Waals surface area contributed by atoms with E-state index in [1.807, 2.05) is 0 Å². The minimum atomic E-state index is -1.06. The molecule has 1 saturated heterocycles. The molecule has 4 atom stereocenters. The minimum absolute atomic E-state index is 0.104. The van der Waals surface area contributed by atoms with E-state index in [2.05, 4.69) is 0 Å². The summed E-state index contributed by atoms with van der Waals surface area (Å²) in [6, 6.07) is 5.36. The summed E-state index contributed by atoms with van der Waals surface area (Å²) in [6.07, 6.45) is -2.94. The highest BCUT2D eigenvalue weighted by molar-refractivity contribution is 7.99. The fourth-order valence-corrected chi connectivity index (χ4v) is 3.81. The maximum atomic E-state index is 11.6. The Morgan fingerprint density at radius 3 is 2.00 bits per heavy atom. The third-order valence-electron chi connectivity index (χ3n) is 3.60. The summed E-state index contributed by atoms with van der Waals surface area (Å²) in [5, 5.41) is 10.8. The summed E-state index contributed by atoms with van der Waals surface area (Å²) in [6.45, 7) is 3.59. The Bertz CT molecular complexity index is 751. The number of nitro groups is 1. The summed E-state index contributed by atoms with van der Waals surface area (Å²) in [5.74, 6) is -1.32. The van der Waals surface area contributed by atoms with Gasteiger partial charge in [0.1, 0.15) is 5.75 Å². The first-order valence-electron chi connectivity index (χ1n) is 8.21. The second-order valence-corrected chi connectivity index (χ2v) is 7.00. The summed E-state index contributed by atoms with van der Waals surface area (Å²) >= 11 is 1.20. The SMILES string of the molecule is CC(=O)O[C@@H]1[C@@H](OC(C)=O)[C@@H](Oc2ccc([N+](=O)[O-])cc2)SC[C@H]1OC(C)=O. The van der Waals surface area contributed by atoms with Crippen LogP contribution in [-0.2, 0) is 28.6 Å². The first-order valence-corrected chi connectivity index (χ1v) is 9.26. The zero-order chi connectivity index (χ0) is 20.8. The Morgan fingerprint density at radius 1 is 0.964 bits per heavy atom. The fourth-order valence-electron chi connectivity index (χ4n) is 2.59. The van der Waals surface area contributed by atoms with Crippen LogP contribution in [0.1, 0.15) is 20.8 Å². The molecule has 1 aromatic rings. The number of rotatable bonds is 6. The highest BCUT2D eigenvalue weighted by Crippen LogP contribution is 2.34. The van der Waals surface area contributed by atoms with E-state index in [1.54, 1.807) is 0 Å². The second kappa shape index (κ2) is 9.40. The number of ether oxygens (including phenoxy) is 4. The first-order chi connectivity index (χ1) is 13.2. The lowest BCUT2D eigenvalue weighted by Gasteiger charge is -2.39. The topological polar surface area (TPSA) is 131 Å². The number of carbonyl (C=O) groups excluding carboxylic acids is 3. The van der Waals surface area contributed by atoms with Crippen LogP contribution >= 0.6 is 11.8 Å². The predicted octanol–water partition coefficient (Wildman–Crippen LogP) is 1.84. The predicted molar refractivity (Wildman–Crippen MR) is 96.6 cm³/mol. The van der Waals surface area contributed by atoms with Crippen LogP contribution in [0.5, 0.6) is 5.75 Å². The van der Waals surface area contributed by atoms with Gasteiger partial charge in [-0.25, -0.2) is 0 Å². The average Bonchev–Trinajstić information content (AvgIpc) is 2.59. The molecule has 1 aromatic carbocycles. The normalized spacial score (nSPS) is 24.0. The van der Waals surface area contributed by atoms with Gasteiger partial charge in [-0.15, -0.1) is 11.8 Å². The van der Waals surface area contributed by atoms with Gasteiger partial charge >= 0.3 is 17.9 Å². The summed E-state index contributed by atoms with van der Waals surface area (Å²) in [4.78, 5) is 44.7. The first kappa shape index (κ1) is 21.5. The molecule has 2 rings (SSSR count). The number of thioether (sulfide) groups is 1. The second-order valence-electron chi connectivity index (χ2n) is 5.87. The maximum Gasteiger partial charge on any atom is 0.303 e. The number of hydrogen-bond acceptors (Lipinski definition) is 10. The molecule has 0 unspecified atom stereocenters. The van der Waals surface area contributed by atoms with Gasteiger partial charge in [0.2, 0.25) is 0 Å². The van der Waals surface area contributed by atoms with Crippen molar-refractivity contribution in [1.82, 2.24) is 0 Å². The molecule has 1 fully saturated rings. The molecule has 28 heavy (non-hydrogen) atoms. The molecule has 152 valence electrons.